The number of carbonyl (C=O) groups is 1. The number of hydrogen-bond donors (Lipinski definition) is 1. The van der Waals surface area contributed by atoms with Crippen LogP contribution in [0, 0.1) is 0 Å². The fraction of sp³-hybridized carbons (Fsp3) is 0.348. The minimum absolute atomic E-state index is 0.147. The van der Waals surface area contributed by atoms with Crippen molar-refractivity contribution in [3.8, 4) is 17.2 Å². The number of benzene rings is 2. The molecule has 1 aromatic heterocycles. The monoisotopic (exact) mass is 485 g/mol. The van der Waals surface area contributed by atoms with Gasteiger partial charge in [0, 0.05) is 17.8 Å². The van der Waals surface area contributed by atoms with Gasteiger partial charge in [-0.1, -0.05) is 48.0 Å². The molecule has 0 aliphatic carbocycles. The summed E-state index contributed by atoms with van der Waals surface area (Å²) in [5.74, 6) is 1.99. The fourth-order valence-corrected chi connectivity index (χ4v) is 4.95. The lowest BCUT2D eigenvalue weighted by molar-refractivity contribution is -0.113. The second-order valence-electron chi connectivity index (χ2n) is 7.93. The molecule has 1 N–H and O–H groups in total. The quantitative estimate of drug-likeness (QED) is 0.498. The number of likely N-dealkylation sites (tertiary alicyclic amines) is 1. The molecular weight excluding hydrogens is 462 g/mol. The molecule has 0 saturated carbocycles. The van der Waals surface area contributed by atoms with E-state index in [1.807, 2.05) is 34.9 Å². The largest absolute Gasteiger partial charge is 0.454 e. The van der Waals surface area contributed by atoms with Gasteiger partial charge in [0.15, 0.2) is 22.5 Å². The van der Waals surface area contributed by atoms with E-state index in [4.69, 9.17) is 21.1 Å². The molecule has 1 saturated heterocycles. The van der Waals surface area contributed by atoms with Crippen LogP contribution in [0.2, 0.25) is 5.02 Å². The highest BCUT2D eigenvalue weighted by molar-refractivity contribution is 7.99. The highest BCUT2D eigenvalue weighted by Gasteiger charge is 2.21. The number of para-hydroxylation sites is 1. The third kappa shape index (κ3) is 5.10. The van der Waals surface area contributed by atoms with E-state index in [1.54, 1.807) is 12.1 Å². The first-order valence-electron chi connectivity index (χ1n) is 10.9. The Hall–Kier alpha value is -2.75. The second-order valence-corrected chi connectivity index (χ2v) is 9.28. The minimum atomic E-state index is -0.194. The van der Waals surface area contributed by atoms with E-state index in [0.717, 1.165) is 31.1 Å². The zero-order valence-corrected chi connectivity index (χ0v) is 19.6. The standard InChI is InChI=1S/C23H24ClN5O3S/c24-17-11-19-20(32-15-31-19)12-18(17)25-22(30)14-33-23-27-26-21(13-28-9-5-2-6-10-28)29(23)16-7-3-1-4-8-16/h1,3-4,7-8,11-12H,2,5-6,9-10,13-15H2,(H,25,30). The van der Waals surface area contributed by atoms with E-state index in [-0.39, 0.29) is 18.5 Å². The summed E-state index contributed by atoms with van der Waals surface area (Å²) in [6.07, 6.45) is 3.71. The second kappa shape index (κ2) is 10.0. The van der Waals surface area contributed by atoms with E-state index < -0.39 is 0 Å². The SMILES string of the molecule is O=C(CSc1nnc(CN2CCCCC2)n1-c1ccccc1)Nc1cc2c(cc1Cl)OCO2. The van der Waals surface area contributed by atoms with Crippen LogP contribution in [0.25, 0.3) is 5.69 Å². The molecule has 1 fully saturated rings. The van der Waals surface area contributed by atoms with E-state index in [9.17, 15) is 4.79 Å². The molecule has 3 aromatic rings. The molecule has 8 nitrogen and oxygen atoms in total. The van der Waals surface area contributed by atoms with Crippen molar-refractivity contribution in [3.05, 3.63) is 53.3 Å². The summed E-state index contributed by atoms with van der Waals surface area (Å²) >= 11 is 7.63. The van der Waals surface area contributed by atoms with Crippen LogP contribution >= 0.6 is 23.4 Å². The summed E-state index contributed by atoms with van der Waals surface area (Å²) in [4.78, 5) is 15.1. The number of aromatic nitrogens is 3. The Bertz CT molecular complexity index is 1130. The van der Waals surface area contributed by atoms with Gasteiger partial charge in [-0.3, -0.25) is 14.3 Å². The van der Waals surface area contributed by atoms with Gasteiger partial charge in [-0.15, -0.1) is 10.2 Å². The number of halogens is 1. The Morgan fingerprint density at radius 2 is 1.82 bits per heavy atom. The molecule has 0 unspecified atom stereocenters. The van der Waals surface area contributed by atoms with Gasteiger partial charge in [0.2, 0.25) is 12.7 Å². The molecule has 0 radical (unpaired) electrons. The number of hydrogen-bond acceptors (Lipinski definition) is 7. The average molecular weight is 486 g/mol. The zero-order valence-electron chi connectivity index (χ0n) is 18.0. The maximum absolute atomic E-state index is 12.7. The first kappa shape index (κ1) is 22.1. The van der Waals surface area contributed by atoms with Crippen LogP contribution in [0.15, 0.2) is 47.6 Å². The Balaban J connectivity index is 1.30. The number of fused-ring (bicyclic) bond motifs is 1. The fourth-order valence-electron chi connectivity index (χ4n) is 3.98. The predicted octanol–water partition coefficient (Wildman–Crippen LogP) is 4.37. The van der Waals surface area contributed by atoms with Crippen LogP contribution in [0.3, 0.4) is 0 Å². The van der Waals surface area contributed by atoms with Crippen LogP contribution in [0.4, 0.5) is 5.69 Å². The van der Waals surface area contributed by atoms with Gasteiger partial charge in [-0.05, 0) is 38.1 Å². The summed E-state index contributed by atoms with van der Waals surface area (Å²) in [6.45, 7) is 3.03. The van der Waals surface area contributed by atoms with Crippen LogP contribution in [-0.4, -0.2) is 51.2 Å². The van der Waals surface area contributed by atoms with Crippen molar-refractivity contribution >= 4 is 35.0 Å². The van der Waals surface area contributed by atoms with Gasteiger partial charge in [-0.25, -0.2) is 0 Å². The normalized spacial score (nSPS) is 15.5. The van der Waals surface area contributed by atoms with Crippen LogP contribution < -0.4 is 14.8 Å². The number of amides is 1. The van der Waals surface area contributed by atoms with E-state index in [1.165, 1.54) is 31.0 Å². The van der Waals surface area contributed by atoms with Crippen molar-refractivity contribution in [3.63, 3.8) is 0 Å². The molecular formula is C23H24ClN5O3S. The lowest BCUT2D eigenvalue weighted by atomic mass is 10.1. The number of thioether (sulfide) groups is 1. The number of piperidine rings is 1. The Labute approximate surface area is 201 Å². The molecule has 10 heteroatoms. The molecule has 0 bridgehead atoms. The van der Waals surface area contributed by atoms with Gasteiger partial charge in [0.05, 0.1) is 23.0 Å². The number of rotatable bonds is 7. The highest BCUT2D eigenvalue weighted by Crippen LogP contribution is 2.39. The van der Waals surface area contributed by atoms with E-state index >= 15 is 0 Å². The topological polar surface area (TPSA) is 81.5 Å². The molecule has 0 atom stereocenters. The summed E-state index contributed by atoms with van der Waals surface area (Å²) in [5, 5.41) is 12.8. The number of nitrogens with one attached hydrogen (secondary N) is 1. The molecule has 2 aromatic carbocycles. The lowest BCUT2D eigenvalue weighted by Gasteiger charge is -2.26. The number of anilines is 1. The Kier molecular flexibility index (Phi) is 6.70. The molecule has 2 aliphatic rings. The van der Waals surface area contributed by atoms with Crippen molar-refractivity contribution in [2.75, 3.05) is 31.0 Å². The third-order valence-electron chi connectivity index (χ3n) is 5.60. The molecule has 1 amide bonds. The molecule has 33 heavy (non-hydrogen) atoms. The lowest BCUT2D eigenvalue weighted by Crippen LogP contribution is -2.30. The van der Waals surface area contributed by atoms with Crippen LogP contribution in [0.5, 0.6) is 11.5 Å². The molecule has 5 rings (SSSR count). The van der Waals surface area contributed by atoms with Gasteiger partial charge >= 0.3 is 0 Å². The Morgan fingerprint density at radius 1 is 1.06 bits per heavy atom. The van der Waals surface area contributed by atoms with Crippen molar-refractivity contribution in [1.29, 1.82) is 0 Å². The summed E-state index contributed by atoms with van der Waals surface area (Å²) in [7, 11) is 0. The summed E-state index contributed by atoms with van der Waals surface area (Å²) in [6, 6.07) is 13.3. The number of nitrogens with zero attached hydrogens (tertiary/aromatic N) is 4. The molecule has 172 valence electrons. The highest BCUT2D eigenvalue weighted by atomic mass is 35.5. The first-order chi connectivity index (χ1) is 16.2. The van der Waals surface area contributed by atoms with Gasteiger partial charge in [0.25, 0.3) is 0 Å². The van der Waals surface area contributed by atoms with Gasteiger partial charge < -0.3 is 14.8 Å². The van der Waals surface area contributed by atoms with Crippen LogP contribution in [-0.2, 0) is 11.3 Å². The average Bonchev–Trinajstić information content (AvgIpc) is 3.45. The maximum atomic E-state index is 12.7. The first-order valence-corrected chi connectivity index (χ1v) is 12.3. The van der Waals surface area contributed by atoms with Gasteiger partial charge in [-0.2, -0.15) is 0 Å². The maximum Gasteiger partial charge on any atom is 0.234 e. The van der Waals surface area contributed by atoms with Crippen molar-refractivity contribution < 1.29 is 14.3 Å². The zero-order chi connectivity index (χ0) is 22.6. The molecule has 0 spiro atoms. The number of ether oxygens (including phenoxy) is 2. The van der Waals surface area contributed by atoms with E-state index in [2.05, 4.69) is 20.4 Å². The van der Waals surface area contributed by atoms with E-state index in [0.29, 0.717) is 27.4 Å². The molecule has 3 heterocycles. The van der Waals surface area contributed by atoms with Crippen molar-refractivity contribution in [2.45, 2.75) is 31.0 Å². The third-order valence-corrected chi connectivity index (χ3v) is 6.84. The van der Waals surface area contributed by atoms with Crippen molar-refractivity contribution in [1.82, 2.24) is 19.7 Å². The van der Waals surface area contributed by atoms with Gasteiger partial charge in [0.1, 0.15) is 0 Å². The molecule has 2 aliphatic heterocycles. The summed E-state index contributed by atoms with van der Waals surface area (Å²) < 4.78 is 12.7. The Morgan fingerprint density at radius 3 is 2.61 bits per heavy atom. The predicted molar refractivity (Wildman–Crippen MR) is 127 cm³/mol. The smallest absolute Gasteiger partial charge is 0.234 e. The summed E-state index contributed by atoms with van der Waals surface area (Å²) in [5.41, 5.74) is 1.47. The van der Waals surface area contributed by atoms with Crippen molar-refractivity contribution in [2.24, 2.45) is 0 Å². The number of carbonyl (C=O) groups excluding carboxylic acids is 1. The minimum Gasteiger partial charge on any atom is -0.454 e. The van der Waals surface area contributed by atoms with Crippen LogP contribution in [0.1, 0.15) is 25.1 Å².